The molecule has 0 heterocycles. The molecule has 0 aromatic heterocycles. The Morgan fingerprint density at radius 1 is 1.05 bits per heavy atom. The Labute approximate surface area is 116 Å². The van der Waals surface area contributed by atoms with E-state index in [-0.39, 0.29) is 4.90 Å². The van der Waals surface area contributed by atoms with E-state index < -0.39 is 10.1 Å². The highest BCUT2D eigenvalue weighted by Gasteiger charge is 2.13. The van der Waals surface area contributed by atoms with Crippen LogP contribution in [0.2, 0.25) is 0 Å². The highest BCUT2D eigenvalue weighted by molar-refractivity contribution is 7.85. The van der Waals surface area contributed by atoms with E-state index in [0.29, 0.717) is 12.0 Å². The Morgan fingerprint density at radius 3 is 2.32 bits per heavy atom. The molecule has 0 spiro atoms. The summed E-state index contributed by atoms with van der Waals surface area (Å²) in [6.07, 6.45) is 6.44. The number of hydrogen-bond acceptors (Lipinski definition) is 2. The number of benzene rings is 1. The van der Waals surface area contributed by atoms with Crippen molar-refractivity contribution in [2.75, 3.05) is 0 Å². The molecule has 0 aliphatic rings. The number of rotatable bonds is 8. The van der Waals surface area contributed by atoms with Gasteiger partial charge in [-0.1, -0.05) is 57.7 Å². The maximum Gasteiger partial charge on any atom is 0.294 e. The van der Waals surface area contributed by atoms with Crippen molar-refractivity contribution in [2.24, 2.45) is 5.92 Å². The third-order valence-corrected chi connectivity index (χ3v) is 4.18. The molecule has 0 aliphatic heterocycles. The van der Waals surface area contributed by atoms with Gasteiger partial charge < -0.3 is 0 Å². The summed E-state index contributed by atoms with van der Waals surface area (Å²) in [5, 5.41) is 0. The Bertz CT molecular complexity index is 478. The molecule has 0 saturated heterocycles. The SMILES string of the molecule is CC(C)CCCCCCc1ccccc1S(=O)(=O)O. The molecule has 19 heavy (non-hydrogen) atoms. The van der Waals surface area contributed by atoms with E-state index in [1.54, 1.807) is 12.1 Å². The Hall–Kier alpha value is -0.870. The van der Waals surface area contributed by atoms with Crippen LogP contribution in [0.25, 0.3) is 0 Å². The average Bonchev–Trinajstić information content (AvgIpc) is 2.32. The van der Waals surface area contributed by atoms with Crippen molar-refractivity contribution >= 4 is 10.1 Å². The Morgan fingerprint density at radius 2 is 1.68 bits per heavy atom. The number of unbranched alkanes of at least 4 members (excludes halogenated alkanes) is 3. The lowest BCUT2D eigenvalue weighted by atomic mass is 10.0. The summed E-state index contributed by atoms with van der Waals surface area (Å²) in [6.45, 7) is 4.45. The van der Waals surface area contributed by atoms with E-state index in [1.807, 2.05) is 6.07 Å². The van der Waals surface area contributed by atoms with Crippen LogP contribution < -0.4 is 0 Å². The van der Waals surface area contributed by atoms with Crippen molar-refractivity contribution < 1.29 is 13.0 Å². The molecule has 0 aliphatic carbocycles. The van der Waals surface area contributed by atoms with Gasteiger partial charge in [0.2, 0.25) is 0 Å². The van der Waals surface area contributed by atoms with E-state index in [4.69, 9.17) is 4.55 Å². The van der Waals surface area contributed by atoms with Crippen molar-refractivity contribution in [3.8, 4) is 0 Å². The highest BCUT2D eigenvalue weighted by atomic mass is 32.2. The molecule has 1 aromatic rings. The lowest BCUT2D eigenvalue weighted by Crippen LogP contribution is -2.03. The van der Waals surface area contributed by atoms with Gasteiger partial charge in [0.05, 0.1) is 4.90 Å². The minimum absolute atomic E-state index is 0.0529. The number of aryl methyl sites for hydroxylation is 1. The maximum absolute atomic E-state index is 11.2. The molecular formula is C15H24O3S. The molecule has 1 aromatic carbocycles. The lowest BCUT2D eigenvalue weighted by Gasteiger charge is -2.07. The molecule has 0 atom stereocenters. The first-order chi connectivity index (χ1) is 8.91. The molecule has 0 saturated carbocycles. The van der Waals surface area contributed by atoms with Gasteiger partial charge in [0.1, 0.15) is 0 Å². The lowest BCUT2D eigenvalue weighted by molar-refractivity contribution is 0.481. The normalized spacial score (nSPS) is 12.0. The van der Waals surface area contributed by atoms with Gasteiger partial charge in [-0.15, -0.1) is 0 Å². The minimum Gasteiger partial charge on any atom is -0.282 e. The van der Waals surface area contributed by atoms with E-state index in [1.165, 1.54) is 25.3 Å². The summed E-state index contributed by atoms with van der Waals surface area (Å²) in [5.41, 5.74) is 0.717. The molecule has 3 nitrogen and oxygen atoms in total. The van der Waals surface area contributed by atoms with Gasteiger partial charge in [-0.3, -0.25) is 4.55 Å². The number of hydrogen-bond donors (Lipinski definition) is 1. The van der Waals surface area contributed by atoms with Gasteiger partial charge in [0.15, 0.2) is 0 Å². The predicted molar refractivity (Wildman–Crippen MR) is 77.9 cm³/mol. The third kappa shape index (κ3) is 6.21. The van der Waals surface area contributed by atoms with Crippen LogP contribution >= 0.6 is 0 Å². The highest BCUT2D eigenvalue weighted by Crippen LogP contribution is 2.18. The van der Waals surface area contributed by atoms with E-state index in [0.717, 1.165) is 18.8 Å². The van der Waals surface area contributed by atoms with Gasteiger partial charge in [0.25, 0.3) is 10.1 Å². The molecule has 0 fully saturated rings. The molecule has 0 bridgehead atoms. The standard InChI is InChI=1S/C15H24O3S/c1-13(2)9-5-3-4-6-10-14-11-7-8-12-15(14)19(16,17)18/h7-8,11-13H,3-6,9-10H2,1-2H3,(H,16,17,18). The minimum atomic E-state index is -4.09. The quantitative estimate of drug-likeness (QED) is 0.578. The summed E-state index contributed by atoms with van der Waals surface area (Å²) in [4.78, 5) is 0.0529. The van der Waals surface area contributed by atoms with Gasteiger partial charge in [-0.2, -0.15) is 8.42 Å². The molecular weight excluding hydrogens is 260 g/mol. The van der Waals surface area contributed by atoms with Crippen LogP contribution in [-0.2, 0) is 16.5 Å². The second kappa shape index (κ2) is 7.65. The monoisotopic (exact) mass is 284 g/mol. The van der Waals surface area contributed by atoms with Crippen molar-refractivity contribution in [2.45, 2.75) is 57.3 Å². The second-order valence-corrected chi connectivity index (χ2v) is 6.82. The van der Waals surface area contributed by atoms with Crippen molar-refractivity contribution in [3.05, 3.63) is 29.8 Å². The van der Waals surface area contributed by atoms with E-state index in [2.05, 4.69) is 13.8 Å². The third-order valence-electron chi connectivity index (χ3n) is 3.23. The van der Waals surface area contributed by atoms with Crippen LogP contribution in [0.15, 0.2) is 29.2 Å². The fourth-order valence-electron chi connectivity index (χ4n) is 2.18. The molecule has 4 heteroatoms. The molecule has 0 amide bonds. The Kier molecular flexibility index (Phi) is 6.52. The summed E-state index contributed by atoms with van der Waals surface area (Å²) in [5.74, 6) is 0.750. The van der Waals surface area contributed by atoms with Gasteiger partial charge in [0, 0.05) is 0 Å². The van der Waals surface area contributed by atoms with Crippen molar-refractivity contribution in [3.63, 3.8) is 0 Å². The molecule has 0 radical (unpaired) electrons. The second-order valence-electron chi connectivity index (χ2n) is 5.43. The summed E-state index contributed by atoms with van der Waals surface area (Å²) < 4.78 is 31.6. The largest absolute Gasteiger partial charge is 0.294 e. The van der Waals surface area contributed by atoms with Crippen LogP contribution in [0.1, 0.15) is 51.5 Å². The molecule has 1 rings (SSSR count). The smallest absolute Gasteiger partial charge is 0.282 e. The average molecular weight is 284 g/mol. The fourth-order valence-corrected chi connectivity index (χ4v) is 2.94. The van der Waals surface area contributed by atoms with Crippen molar-refractivity contribution in [1.82, 2.24) is 0 Å². The van der Waals surface area contributed by atoms with Crippen LogP contribution in [0.3, 0.4) is 0 Å². The first kappa shape index (κ1) is 16.2. The molecule has 108 valence electrons. The van der Waals surface area contributed by atoms with Crippen molar-refractivity contribution in [1.29, 1.82) is 0 Å². The first-order valence-electron chi connectivity index (χ1n) is 6.96. The van der Waals surface area contributed by atoms with Gasteiger partial charge in [-0.05, 0) is 30.4 Å². The fraction of sp³-hybridized carbons (Fsp3) is 0.600. The zero-order valence-electron chi connectivity index (χ0n) is 11.8. The van der Waals surface area contributed by atoms with E-state index >= 15 is 0 Å². The van der Waals surface area contributed by atoms with Crippen LogP contribution in [0, 0.1) is 5.92 Å². The van der Waals surface area contributed by atoms with Gasteiger partial charge in [-0.25, -0.2) is 0 Å². The first-order valence-corrected chi connectivity index (χ1v) is 8.40. The zero-order valence-corrected chi connectivity index (χ0v) is 12.6. The summed E-state index contributed by atoms with van der Waals surface area (Å²) in [6, 6.07) is 6.68. The molecule has 1 N–H and O–H groups in total. The zero-order chi connectivity index (χ0) is 14.3. The summed E-state index contributed by atoms with van der Waals surface area (Å²) >= 11 is 0. The van der Waals surface area contributed by atoms with Crippen LogP contribution in [0.5, 0.6) is 0 Å². The van der Waals surface area contributed by atoms with Crippen LogP contribution in [0.4, 0.5) is 0 Å². The van der Waals surface area contributed by atoms with Crippen LogP contribution in [-0.4, -0.2) is 13.0 Å². The molecule has 0 unspecified atom stereocenters. The topological polar surface area (TPSA) is 54.4 Å². The summed E-state index contributed by atoms with van der Waals surface area (Å²) in [7, 11) is -4.09. The van der Waals surface area contributed by atoms with E-state index in [9.17, 15) is 8.42 Å². The predicted octanol–water partition coefficient (Wildman–Crippen LogP) is 4.08. The Balaban J connectivity index is 2.42. The maximum atomic E-state index is 11.2. The van der Waals surface area contributed by atoms with Gasteiger partial charge >= 0.3 is 0 Å².